The van der Waals surface area contributed by atoms with Crippen LogP contribution in [0.15, 0.2) is 9.64 Å². The predicted molar refractivity (Wildman–Crippen MR) is 68.3 cm³/mol. The van der Waals surface area contributed by atoms with Crippen molar-refractivity contribution >= 4 is 17.7 Å². The van der Waals surface area contributed by atoms with Crippen molar-refractivity contribution in [1.82, 2.24) is 10.2 Å². The second kappa shape index (κ2) is 9.76. The standard InChI is InChI=1S/C11H18N2O5S/c1-3-17-10(14)9-12-13-11(18-9)19-8-4-5-16-7-6-15-2/h3-8H2,1-2H3. The maximum Gasteiger partial charge on any atom is 0.396 e. The Morgan fingerprint density at radius 1 is 1.32 bits per heavy atom. The summed E-state index contributed by atoms with van der Waals surface area (Å²) in [6, 6.07) is 0. The van der Waals surface area contributed by atoms with Crippen LogP contribution in [0.1, 0.15) is 24.0 Å². The quantitative estimate of drug-likeness (QED) is 0.363. The molecule has 0 radical (unpaired) electrons. The third kappa shape index (κ3) is 6.55. The molecule has 0 bridgehead atoms. The molecule has 0 spiro atoms. The molecule has 0 aromatic carbocycles. The maximum atomic E-state index is 11.3. The molecule has 0 atom stereocenters. The summed E-state index contributed by atoms with van der Waals surface area (Å²) in [5.74, 6) is 0.0719. The highest BCUT2D eigenvalue weighted by Crippen LogP contribution is 2.17. The number of nitrogens with zero attached hydrogens (tertiary/aromatic N) is 2. The number of carbonyl (C=O) groups is 1. The lowest BCUT2D eigenvalue weighted by Gasteiger charge is -2.01. The van der Waals surface area contributed by atoms with Gasteiger partial charge in [-0.3, -0.25) is 0 Å². The second-order valence-corrected chi connectivity index (χ2v) is 4.45. The number of hydrogen-bond donors (Lipinski definition) is 0. The van der Waals surface area contributed by atoms with Crippen LogP contribution in [-0.4, -0.2) is 55.5 Å². The van der Waals surface area contributed by atoms with E-state index in [4.69, 9.17) is 18.6 Å². The molecule has 1 rings (SSSR count). The lowest BCUT2D eigenvalue weighted by atomic mass is 10.5. The van der Waals surface area contributed by atoms with E-state index < -0.39 is 5.97 Å². The minimum absolute atomic E-state index is 0.110. The Morgan fingerprint density at radius 2 is 2.16 bits per heavy atom. The molecule has 1 aromatic rings. The summed E-state index contributed by atoms with van der Waals surface area (Å²) in [6.07, 6.45) is 0.853. The summed E-state index contributed by atoms with van der Waals surface area (Å²) < 4.78 is 20.1. The van der Waals surface area contributed by atoms with Crippen LogP contribution in [0.25, 0.3) is 0 Å². The molecule has 7 nitrogen and oxygen atoms in total. The number of esters is 1. The van der Waals surface area contributed by atoms with Crippen molar-refractivity contribution in [3.63, 3.8) is 0 Å². The first kappa shape index (κ1) is 15.9. The highest BCUT2D eigenvalue weighted by atomic mass is 32.2. The van der Waals surface area contributed by atoms with Crippen molar-refractivity contribution in [2.24, 2.45) is 0 Å². The third-order valence-electron chi connectivity index (χ3n) is 1.95. The van der Waals surface area contributed by atoms with E-state index in [-0.39, 0.29) is 12.5 Å². The monoisotopic (exact) mass is 290 g/mol. The van der Waals surface area contributed by atoms with Gasteiger partial charge in [0.05, 0.1) is 19.8 Å². The summed E-state index contributed by atoms with van der Waals surface area (Å²) >= 11 is 1.38. The summed E-state index contributed by atoms with van der Waals surface area (Å²) in [5.41, 5.74) is 0. The zero-order valence-corrected chi connectivity index (χ0v) is 11.9. The third-order valence-corrected chi connectivity index (χ3v) is 2.85. The van der Waals surface area contributed by atoms with E-state index in [1.807, 2.05) is 0 Å². The van der Waals surface area contributed by atoms with Gasteiger partial charge in [0.15, 0.2) is 0 Å². The van der Waals surface area contributed by atoms with E-state index in [9.17, 15) is 4.79 Å². The van der Waals surface area contributed by atoms with Crippen molar-refractivity contribution in [2.45, 2.75) is 18.6 Å². The zero-order chi connectivity index (χ0) is 13.9. The molecule has 0 unspecified atom stereocenters. The fourth-order valence-electron chi connectivity index (χ4n) is 1.11. The molecule has 8 heteroatoms. The highest BCUT2D eigenvalue weighted by Gasteiger charge is 2.15. The van der Waals surface area contributed by atoms with Crippen LogP contribution >= 0.6 is 11.8 Å². The normalized spacial score (nSPS) is 10.6. The Labute approximate surface area is 116 Å². The topological polar surface area (TPSA) is 83.7 Å². The zero-order valence-electron chi connectivity index (χ0n) is 11.1. The maximum absolute atomic E-state index is 11.3. The van der Waals surface area contributed by atoms with E-state index >= 15 is 0 Å². The molecular formula is C11H18N2O5S. The van der Waals surface area contributed by atoms with Gasteiger partial charge in [0.1, 0.15) is 0 Å². The first-order valence-corrected chi connectivity index (χ1v) is 6.96. The first-order chi connectivity index (χ1) is 9.27. The van der Waals surface area contributed by atoms with Gasteiger partial charge < -0.3 is 18.6 Å². The van der Waals surface area contributed by atoms with Crippen LogP contribution < -0.4 is 0 Å². The molecule has 0 aliphatic carbocycles. The molecule has 0 fully saturated rings. The van der Waals surface area contributed by atoms with Crippen molar-refractivity contribution in [2.75, 3.05) is 39.3 Å². The van der Waals surface area contributed by atoms with Gasteiger partial charge in [-0.15, -0.1) is 5.10 Å². The Balaban J connectivity index is 2.14. The predicted octanol–water partition coefficient (Wildman–Crippen LogP) is 1.39. The molecule has 0 saturated heterocycles. The molecule has 1 aromatic heterocycles. The van der Waals surface area contributed by atoms with Crippen molar-refractivity contribution < 1.29 is 23.4 Å². The summed E-state index contributed by atoms with van der Waals surface area (Å²) in [5, 5.41) is 7.73. The summed E-state index contributed by atoms with van der Waals surface area (Å²) in [7, 11) is 1.63. The van der Waals surface area contributed by atoms with Crippen LogP contribution in [0.4, 0.5) is 0 Å². The second-order valence-electron chi connectivity index (χ2n) is 3.40. The van der Waals surface area contributed by atoms with Gasteiger partial charge in [-0.1, -0.05) is 16.9 Å². The van der Waals surface area contributed by atoms with Crippen molar-refractivity contribution in [3.8, 4) is 0 Å². The number of thioether (sulfide) groups is 1. The van der Waals surface area contributed by atoms with Gasteiger partial charge in [0.25, 0.3) is 5.22 Å². The van der Waals surface area contributed by atoms with Gasteiger partial charge in [-0.05, 0) is 13.3 Å². The van der Waals surface area contributed by atoms with E-state index in [2.05, 4.69) is 10.2 Å². The molecule has 0 amide bonds. The SMILES string of the molecule is CCOC(=O)c1nnc(SCCCOCCOC)o1. The van der Waals surface area contributed by atoms with E-state index in [0.717, 1.165) is 12.2 Å². The largest absolute Gasteiger partial charge is 0.459 e. The van der Waals surface area contributed by atoms with E-state index in [1.54, 1.807) is 14.0 Å². The Hall–Kier alpha value is -1.12. The fraction of sp³-hybridized carbons (Fsp3) is 0.727. The number of ether oxygens (including phenoxy) is 3. The average molecular weight is 290 g/mol. The Morgan fingerprint density at radius 3 is 2.89 bits per heavy atom. The van der Waals surface area contributed by atoms with E-state index in [1.165, 1.54) is 11.8 Å². The molecule has 0 N–H and O–H groups in total. The number of methoxy groups -OCH3 is 1. The summed E-state index contributed by atoms with van der Waals surface area (Å²) in [6.45, 7) is 3.83. The number of aromatic nitrogens is 2. The molecule has 0 aliphatic rings. The van der Waals surface area contributed by atoms with Crippen LogP contribution in [0, 0.1) is 0 Å². The van der Waals surface area contributed by atoms with Crippen molar-refractivity contribution in [1.29, 1.82) is 0 Å². The van der Waals surface area contributed by atoms with Gasteiger partial charge in [-0.2, -0.15) is 0 Å². The lowest BCUT2D eigenvalue weighted by Crippen LogP contribution is -2.04. The smallest absolute Gasteiger partial charge is 0.396 e. The first-order valence-electron chi connectivity index (χ1n) is 5.98. The molecular weight excluding hydrogens is 272 g/mol. The Kier molecular flexibility index (Phi) is 8.19. The van der Waals surface area contributed by atoms with Crippen LogP contribution in [-0.2, 0) is 14.2 Å². The molecule has 0 saturated carbocycles. The van der Waals surface area contributed by atoms with Crippen LogP contribution in [0.3, 0.4) is 0 Å². The highest BCUT2D eigenvalue weighted by molar-refractivity contribution is 7.99. The minimum Gasteiger partial charge on any atom is -0.459 e. The molecule has 0 aliphatic heterocycles. The number of hydrogen-bond acceptors (Lipinski definition) is 8. The van der Waals surface area contributed by atoms with Crippen molar-refractivity contribution in [3.05, 3.63) is 5.89 Å². The summed E-state index contributed by atoms with van der Waals surface area (Å²) in [4.78, 5) is 11.3. The van der Waals surface area contributed by atoms with Crippen LogP contribution in [0.5, 0.6) is 0 Å². The average Bonchev–Trinajstić information content (AvgIpc) is 2.87. The molecule has 1 heterocycles. The molecule has 19 heavy (non-hydrogen) atoms. The van der Waals surface area contributed by atoms with Gasteiger partial charge >= 0.3 is 11.9 Å². The lowest BCUT2D eigenvalue weighted by molar-refractivity contribution is 0.0475. The molecule has 108 valence electrons. The van der Waals surface area contributed by atoms with E-state index in [0.29, 0.717) is 25.0 Å². The number of rotatable bonds is 10. The van der Waals surface area contributed by atoms with Crippen LogP contribution in [0.2, 0.25) is 0 Å². The fourth-order valence-corrected chi connectivity index (χ4v) is 1.78. The van der Waals surface area contributed by atoms with Gasteiger partial charge in [0, 0.05) is 19.5 Å². The Bertz CT molecular complexity index is 372. The number of carbonyl (C=O) groups excluding carboxylic acids is 1. The van der Waals surface area contributed by atoms with Gasteiger partial charge in [-0.25, -0.2) is 4.79 Å². The minimum atomic E-state index is -0.593. The van der Waals surface area contributed by atoms with Gasteiger partial charge in [0.2, 0.25) is 0 Å².